The van der Waals surface area contributed by atoms with Crippen LogP contribution >= 0.6 is 0 Å². The van der Waals surface area contributed by atoms with E-state index in [0.717, 1.165) is 43.8 Å². The fourth-order valence-corrected chi connectivity index (χ4v) is 4.00. The van der Waals surface area contributed by atoms with Crippen LogP contribution in [-0.2, 0) is 11.3 Å². The zero-order valence-corrected chi connectivity index (χ0v) is 15.4. The van der Waals surface area contributed by atoms with Crippen molar-refractivity contribution in [3.05, 3.63) is 53.7 Å². The molecule has 0 saturated carbocycles. The van der Waals surface area contributed by atoms with Crippen molar-refractivity contribution in [2.75, 3.05) is 6.54 Å². The largest absolute Gasteiger partial charge is 0.349 e. The normalized spacial score (nSPS) is 17.3. The average Bonchev–Trinajstić information content (AvgIpc) is 3.35. The molecule has 4 rings (SSSR count). The molecule has 0 N–H and O–H groups in total. The van der Waals surface area contributed by atoms with E-state index in [1.165, 1.54) is 11.4 Å². The summed E-state index contributed by atoms with van der Waals surface area (Å²) in [4.78, 5) is 14.8. The first-order chi connectivity index (χ1) is 12.6. The monoisotopic (exact) mass is 351 g/mol. The van der Waals surface area contributed by atoms with Crippen LogP contribution in [0.1, 0.15) is 48.9 Å². The number of pyridine rings is 1. The molecule has 26 heavy (non-hydrogen) atoms. The Kier molecular flexibility index (Phi) is 4.49. The molecule has 0 radical (unpaired) electrons. The average molecular weight is 351 g/mol. The molecule has 136 valence electrons. The van der Waals surface area contributed by atoms with Gasteiger partial charge >= 0.3 is 0 Å². The predicted molar refractivity (Wildman–Crippen MR) is 99.8 cm³/mol. The van der Waals surface area contributed by atoms with Crippen LogP contribution in [0.5, 0.6) is 0 Å². The molecule has 4 heterocycles. The molecule has 1 atom stereocenters. The van der Waals surface area contributed by atoms with Gasteiger partial charge in [-0.05, 0) is 57.4 Å². The standard InChI is InChI=1S/C20H25N5O/c1-15-10-11-16(2)23(15)13-6-9-19(26)24-14-5-7-17(24)20-22-21-18-8-3-4-12-25(18)20/h3-4,8,10-12,17H,5-7,9,13-14H2,1-2H3/t17-/m1/s1. The summed E-state index contributed by atoms with van der Waals surface area (Å²) in [6.07, 6.45) is 5.39. The van der Waals surface area contributed by atoms with E-state index in [4.69, 9.17) is 0 Å². The maximum Gasteiger partial charge on any atom is 0.223 e. The molecule has 0 spiro atoms. The lowest BCUT2D eigenvalue weighted by molar-refractivity contribution is -0.132. The van der Waals surface area contributed by atoms with Crippen molar-refractivity contribution in [1.29, 1.82) is 0 Å². The first kappa shape index (κ1) is 16.8. The third-order valence-corrected chi connectivity index (χ3v) is 5.40. The van der Waals surface area contributed by atoms with Crippen LogP contribution in [-0.4, -0.2) is 36.5 Å². The van der Waals surface area contributed by atoms with Gasteiger partial charge in [0, 0.05) is 37.1 Å². The lowest BCUT2D eigenvalue weighted by atomic mass is 10.2. The number of fused-ring (bicyclic) bond motifs is 1. The predicted octanol–water partition coefficient (Wildman–Crippen LogP) is 3.29. The summed E-state index contributed by atoms with van der Waals surface area (Å²) in [5.41, 5.74) is 3.34. The Bertz CT molecular complexity index is 906. The second-order valence-electron chi connectivity index (χ2n) is 7.10. The Hall–Kier alpha value is -2.63. The molecule has 3 aromatic rings. The van der Waals surface area contributed by atoms with Crippen LogP contribution in [0.25, 0.3) is 5.65 Å². The highest BCUT2D eigenvalue weighted by Crippen LogP contribution is 2.31. The van der Waals surface area contributed by atoms with Crippen molar-refractivity contribution in [3.8, 4) is 0 Å². The number of aromatic nitrogens is 4. The number of hydrogen-bond donors (Lipinski definition) is 0. The second-order valence-corrected chi connectivity index (χ2v) is 7.10. The van der Waals surface area contributed by atoms with Gasteiger partial charge in [-0.3, -0.25) is 9.20 Å². The van der Waals surface area contributed by atoms with Gasteiger partial charge in [-0.15, -0.1) is 10.2 Å². The van der Waals surface area contributed by atoms with Gasteiger partial charge in [0.25, 0.3) is 0 Å². The zero-order valence-electron chi connectivity index (χ0n) is 15.4. The molecule has 0 unspecified atom stereocenters. The van der Waals surface area contributed by atoms with Gasteiger partial charge in [-0.25, -0.2) is 0 Å². The highest BCUT2D eigenvalue weighted by Gasteiger charge is 2.32. The lowest BCUT2D eigenvalue weighted by Gasteiger charge is -2.23. The van der Waals surface area contributed by atoms with Gasteiger partial charge in [-0.2, -0.15) is 0 Å². The molecule has 1 aliphatic heterocycles. The van der Waals surface area contributed by atoms with E-state index in [1.807, 2.05) is 33.7 Å². The lowest BCUT2D eigenvalue weighted by Crippen LogP contribution is -2.31. The van der Waals surface area contributed by atoms with Gasteiger partial charge in [0.1, 0.15) is 0 Å². The fraction of sp³-hybridized carbons (Fsp3) is 0.450. The summed E-state index contributed by atoms with van der Waals surface area (Å²) < 4.78 is 4.28. The minimum absolute atomic E-state index is 0.0370. The van der Waals surface area contributed by atoms with Crippen molar-refractivity contribution in [2.45, 2.75) is 52.1 Å². The van der Waals surface area contributed by atoms with Crippen molar-refractivity contribution in [1.82, 2.24) is 24.1 Å². The van der Waals surface area contributed by atoms with E-state index in [2.05, 4.69) is 40.7 Å². The fourth-order valence-electron chi connectivity index (χ4n) is 4.00. The Morgan fingerprint density at radius 2 is 1.96 bits per heavy atom. The third kappa shape index (κ3) is 3.00. The van der Waals surface area contributed by atoms with Crippen LogP contribution in [0, 0.1) is 13.8 Å². The van der Waals surface area contributed by atoms with Gasteiger partial charge in [0.15, 0.2) is 11.5 Å². The molecule has 1 fully saturated rings. The van der Waals surface area contributed by atoms with E-state index in [1.54, 1.807) is 0 Å². The molecule has 3 aromatic heterocycles. The van der Waals surface area contributed by atoms with E-state index in [0.29, 0.717) is 6.42 Å². The van der Waals surface area contributed by atoms with Crippen LogP contribution in [0.3, 0.4) is 0 Å². The minimum atomic E-state index is 0.0370. The summed E-state index contributed by atoms with van der Waals surface area (Å²) in [6.45, 7) is 5.93. The highest BCUT2D eigenvalue weighted by molar-refractivity contribution is 5.77. The SMILES string of the molecule is Cc1ccc(C)n1CCCC(=O)N1CCC[C@@H]1c1nnc2ccccn12. The first-order valence-corrected chi connectivity index (χ1v) is 9.37. The number of carbonyl (C=O) groups excluding carboxylic acids is 1. The van der Waals surface area contributed by atoms with E-state index in [-0.39, 0.29) is 11.9 Å². The summed E-state index contributed by atoms with van der Waals surface area (Å²) in [5, 5.41) is 8.61. The summed E-state index contributed by atoms with van der Waals surface area (Å²) >= 11 is 0. The molecular formula is C20H25N5O. The molecule has 0 aliphatic carbocycles. The Labute approximate surface area is 153 Å². The van der Waals surface area contributed by atoms with E-state index in [9.17, 15) is 4.79 Å². The highest BCUT2D eigenvalue weighted by atomic mass is 16.2. The second kappa shape index (κ2) is 6.94. The summed E-state index contributed by atoms with van der Waals surface area (Å²) in [5.74, 6) is 1.10. The van der Waals surface area contributed by atoms with E-state index >= 15 is 0 Å². The maximum absolute atomic E-state index is 12.8. The Morgan fingerprint density at radius 3 is 2.77 bits per heavy atom. The Balaban J connectivity index is 1.44. The number of hydrogen-bond acceptors (Lipinski definition) is 3. The topological polar surface area (TPSA) is 55.4 Å². The number of carbonyl (C=O) groups is 1. The number of amides is 1. The molecule has 0 bridgehead atoms. The van der Waals surface area contributed by atoms with Gasteiger partial charge in [0.2, 0.25) is 5.91 Å². The molecular weight excluding hydrogens is 326 g/mol. The van der Waals surface area contributed by atoms with Gasteiger partial charge < -0.3 is 9.47 Å². The molecule has 6 heteroatoms. The molecule has 1 amide bonds. The number of nitrogens with zero attached hydrogens (tertiary/aromatic N) is 5. The van der Waals surface area contributed by atoms with Crippen molar-refractivity contribution >= 4 is 11.6 Å². The first-order valence-electron chi connectivity index (χ1n) is 9.37. The van der Waals surface area contributed by atoms with Crippen LogP contribution in [0.15, 0.2) is 36.5 Å². The van der Waals surface area contributed by atoms with Gasteiger partial charge in [0.05, 0.1) is 6.04 Å². The maximum atomic E-state index is 12.8. The number of likely N-dealkylation sites (tertiary alicyclic amines) is 1. The molecule has 0 aromatic carbocycles. The smallest absolute Gasteiger partial charge is 0.223 e. The zero-order chi connectivity index (χ0) is 18.1. The quantitative estimate of drug-likeness (QED) is 0.709. The number of rotatable bonds is 5. The summed E-state index contributed by atoms with van der Waals surface area (Å²) in [6, 6.07) is 10.2. The minimum Gasteiger partial charge on any atom is -0.349 e. The summed E-state index contributed by atoms with van der Waals surface area (Å²) in [7, 11) is 0. The van der Waals surface area contributed by atoms with Crippen LogP contribution in [0.4, 0.5) is 0 Å². The molecule has 1 aliphatic rings. The van der Waals surface area contributed by atoms with Crippen LogP contribution in [0.2, 0.25) is 0 Å². The third-order valence-electron chi connectivity index (χ3n) is 5.40. The van der Waals surface area contributed by atoms with Crippen molar-refractivity contribution in [2.24, 2.45) is 0 Å². The van der Waals surface area contributed by atoms with Crippen molar-refractivity contribution in [3.63, 3.8) is 0 Å². The molecule has 1 saturated heterocycles. The van der Waals surface area contributed by atoms with Crippen molar-refractivity contribution < 1.29 is 4.79 Å². The van der Waals surface area contributed by atoms with Gasteiger partial charge in [-0.1, -0.05) is 6.07 Å². The Morgan fingerprint density at radius 1 is 1.15 bits per heavy atom. The van der Waals surface area contributed by atoms with Crippen LogP contribution < -0.4 is 0 Å². The number of aryl methyl sites for hydroxylation is 2. The molecule has 6 nitrogen and oxygen atoms in total. The van der Waals surface area contributed by atoms with E-state index < -0.39 is 0 Å².